The molecule has 0 saturated carbocycles. The Morgan fingerprint density at radius 1 is 1.10 bits per heavy atom. The molecule has 29 heavy (non-hydrogen) atoms. The summed E-state index contributed by atoms with van der Waals surface area (Å²) in [7, 11) is 0. The Kier molecular flexibility index (Phi) is 6.50. The van der Waals surface area contributed by atoms with Gasteiger partial charge in [0.1, 0.15) is 11.7 Å². The van der Waals surface area contributed by atoms with Gasteiger partial charge in [0.2, 0.25) is 5.91 Å². The Balaban J connectivity index is 1.56. The number of nitrogens with zero attached hydrogens (tertiary/aromatic N) is 4. The summed E-state index contributed by atoms with van der Waals surface area (Å²) in [4.78, 5) is 47.8. The van der Waals surface area contributed by atoms with Crippen LogP contribution >= 0.6 is 0 Å². The molecule has 1 aliphatic heterocycles. The van der Waals surface area contributed by atoms with Crippen LogP contribution in [0.2, 0.25) is 0 Å². The monoisotopic (exact) mass is 397 g/mol. The van der Waals surface area contributed by atoms with Gasteiger partial charge in [-0.25, -0.2) is 4.98 Å². The molecule has 2 heterocycles. The molecule has 1 saturated heterocycles. The van der Waals surface area contributed by atoms with Gasteiger partial charge in [0.05, 0.1) is 12.8 Å². The third-order valence-electron chi connectivity index (χ3n) is 4.81. The van der Waals surface area contributed by atoms with Crippen LogP contribution in [-0.2, 0) is 4.79 Å². The van der Waals surface area contributed by atoms with Gasteiger partial charge in [0.25, 0.3) is 5.91 Å². The second kappa shape index (κ2) is 9.24. The minimum Gasteiger partial charge on any atom is -0.394 e. The number of aliphatic hydroxyl groups is 1. The molecule has 0 radical (unpaired) electrons. The summed E-state index contributed by atoms with van der Waals surface area (Å²) >= 11 is 0. The van der Waals surface area contributed by atoms with Gasteiger partial charge in [0, 0.05) is 49.8 Å². The summed E-state index contributed by atoms with van der Waals surface area (Å²) in [5.41, 5.74) is 1.72. The number of carbonyl (C=O) groups is 3. The smallest absolute Gasteiger partial charge is 0.272 e. The summed E-state index contributed by atoms with van der Waals surface area (Å²) in [6.07, 6.45) is 4.12. The van der Waals surface area contributed by atoms with E-state index in [1.54, 1.807) is 17.0 Å². The first-order chi connectivity index (χ1) is 14.0. The van der Waals surface area contributed by atoms with Crippen LogP contribution in [0.1, 0.15) is 27.8 Å². The molecule has 2 N–H and O–H groups in total. The number of carbonyl (C=O) groups excluding carboxylic acids is 3. The number of rotatable bonds is 6. The van der Waals surface area contributed by atoms with E-state index in [2.05, 4.69) is 20.2 Å². The minimum absolute atomic E-state index is 0.0190. The third kappa shape index (κ3) is 4.94. The summed E-state index contributed by atoms with van der Waals surface area (Å²) in [5, 5.41) is 12.1. The number of anilines is 1. The van der Waals surface area contributed by atoms with Crippen molar-refractivity contribution < 1.29 is 19.5 Å². The zero-order valence-corrected chi connectivity index (χ0v) is 16.1. The fourth-order valence-corrected chi connectivity index (χ4v) is 3.15. The zero-order chi connectivity index (χ0) is 20.8. The second-order valence-electron chi connectivity index (χ2n) is 6.71. The van der Waals surface area contributed by atoms with E-state index in [0.29, 0.717) is 31.7 Å². The Bertz CT molecular complexity index is 864. The van der Waals surface area contributed by atoms with Crippen molar-refractivity contribution in [2.24, 2.45) is 0 Å². The molecular formula is C20H23N5O4. The highest BCUT2D eigenvalue weighted by Gasteiger charge is 2.29. The van der Waals surface area contributed by atoms with E-state index in [1.165, 1.54) is 25.5 Å². The fraction of sp³-hybridized carbons (Fsp3) is 0.350. The van der Waals surface area contributed by atoms with Crippen molar-refractivity contribution in [2.45, 2.75) is 13.0 Å². The van der Waals surface area contributed by atoms with E-state index in [0.717, 1.165) is 5.69 Å². The molecule has 152 valence electrons. The predicted octanol–water partition coefficient (Wildman–Crippen LogP) is 0.119. The highest BCUT2D eigenvalue weighted by molar-refractivity contribution is 5.96. The van der Waals surface area contributed by atoms with Crippen molar-refractivity contribution in [1.82, 2.24) is 20.2 Å². The first-order valence-corrected chi connectivity index (χ1v) is 9.32. The largest absolute Gasteiger partial charge is 0.394 e. The number of benzene rings is 1. The lowest BCUT2D eigenvalue weighted by Gasteiger charge is -2.37. The Morgan fingerprint density at radius 2 is 1.79 bits per heavy atom. The van der Waals surface area contributed by atoms with Crippen molar-refractivity contribution >= 4 is 23.3 Å². The van der Waals surface area contributed by atoms with Crippen LogP contribution in [0.15, 0.2) is 42.9 Å². The molecule has 2 aromatic rings. The van der Waals surface area contributed by atoms with E-state index in [4.69, 9.17) is 0 Å². The zero-order valence-electron chi connectivity index (χ0n) is 16.1. The van der Waals surface area contributed by atoms with Crippen LogP contribution < -0.4 is 10.2 Å². The van der Waals surface area contributed by atoms with Crippen LogP contribution in [0.25, 0.3) is 0 Å². The van der Waals surface area contributed by atoms with Crippen molar-refractivity contribution in [3.8, 4) is 0 Å². The highest BCUT2D eigenvalue weighted by atomic mass is 16.3. The summed E-state index contributed by atoms with van der Waals surface area (Å²) in [6, 6.07) is 6.33. The molecule has 3 rings (SSSR count). The van der Waals surface area contributed by atoms with Crippen LogP contribution in [-0.4, -0.2) is 76.4 Å². The standard InChI is InChI=1S/C20H23N5O4/c1-14(27)15-2-4-16(5-3-15)24-8-10-25(11-9-24)20(29)18(13-26)23-19(28)17-12-21-6-7-22-17/h2-7,12,18,26H,8-11,13H2,1H3,(H,23,28). The molecule has 9 nitrogen and oxygen atoms in total. The van der Waals surface area contributed by atoms with Gasteiger partial charge in [0.15, 0.2) is 5.78 Å². The maximum atomic E-state index is 12.7. The number of aliphatic hydroxyl groups excluding tert-OH is 1. The van der Waals surface area contributed by atoms with Crippen molar-refractivity contribution in [3.05, 3.63) is 54.1 Å². The maximum Gasteiger partial charge on any atom is 0.272 e. The lowest BCUT2D eigenvalue weighted by atomic mass is 10.1. The number of Topliss-reactive ketones (excluding diaryl/α,β-unsaturated/α-hetero) is 1. The van der Waals surface area contributed by atoms with Gasteiger partial charge in [-0.1, -0.05) is 0 Å². The number of ketones is 1. The molecule has 1 atom stereocenters. The van der Waals surface area contributed by atoms with E-state index < -0.39 is 18.6 Å². The summed E-state index contributed by atoms with van der Waals surface area (Å²) in [5.74, 6) is -0.878. The molecule has 9 heteroatoms. The average Bonchev–Trinajstić information content (AvgIpc) is 2.77. The number of aromatic nitrogens is 2. The van der Waals surface area contributed by atoms with Gasteiger partial charge in [-0.3, -0.25) is 19.4 Å². The van der Waals surface area contributed by atoms with Crippen LogP contribution in [0, 0.1) is 0 Å². The van der Waals surface area contributed by atoms with E-state index in [-0.39, 0.29) is 17.4 Å². The molecule has 2 amide bonds. The van der Waals surface area contributed by atoms with Crippen molar-refractivity contribution in [1.29, 1.82) is 0 Å². The first-order valence-electron chi connectivity index (χ1n) is 9.32. The quantitative estimate of drug-likeness (QED) is 0.665. The van der Waals surface area contributed by atoms with Gasteiger partial charge < -0.3 is 20.2 Å². The van der Waals surface area contributed by atoms with Gasteiger partial charge in [-0.15, -0.1) is 0 Å². The average molecular weight is 397 g/mol. The molecule has 1 fully saturated rings. The summed E-state index contributed by atoms with van der Waals surface area (Å²) < 4.78 is 0. The van der Waals surface area contributed by atoms with E-state index in [9.17, 15) is 19.5 Å². The highest BCUT2D eigenvalue weighted by Crippen LogP contribution is 2.18. The molecule has 0 bridgehead atoms. The van der Waals surface area contributed by atoms with Gasteiger partial charge in [-0.2, -0.15) is 0 Å². The number of piperazine rings is 1. The maximum absolute atomic E-state index is 12.7. The van der Waals surface area contributed by atoms with E-state index in [1.807, 2.05) is 12.1 Å². The molecule has 1 aromatic heterocycles. The molecule has 0 spiro atoms. The predicted molar refractivity (Wildman–Crippen MR) is 106 cm³/mol. The molecule has 1 unspecified atom stereocenters. The number of nitrogens with one attached hydrogen (secondary N) is 1. The number of amides is 2. The summed E-state index contributed by atoms with van der Waals surface area (Å²) in [6.45, 7) is 3.18. The first kappa shape index (κ1) is 20.4. The Morgan fingerprint density at radius 3 is 2.34 bits per heavy atom. The number of hydrogen-bond acceptors (Lipinski definition) is 7. The van der Waals surface area contributed by atoms with Crippen LogP contribution in [0.3, 0.4) is 0 Å². The van der Waals surface area contributed by atoms with E-state index >= 15 is 0 Å². The van der Waals surface area contributed by atoms with Crippen LogP contribution in [0.5, 0.6) is 0 Å². The number of hydrogen-bond donors (Lipinski definition) is 2. The van der Waals surface area contributed by atoms with Crippen molar-refractivity contribution in [3.63, 3.8) is 0 Å². The topological polar surface area (TPSA) is 116 Å². The molecule has 1 aromatic carbocycles. The van der Waals surface area contributed by atoms with Crippen molar-refractivity contribution in [2.75, 3.05) is 37.7 Å². The SMILES string of the molecule is CC(=O)c1ccc(N2CCN(C(=O)C(CO)NC(=O)c3cnccn3)CC2)cc1. The molecule has 1 aliphatic rings. The Hall–Kier alpha value is -3.33. The molecular weight excluding hydrogens is 374 g/mol. The fourth-order valence-electron chi connectivity index (χ4n) is 3.15. The van der Waals surface area contributed by atoms with Crippen LogP contribution in [0.4, 0.5) is 5.69 Å². The molecule has 0 aliphatic carbocycles. The minimum atomic E-state index is -1.04. The van der Waals surface area contributed by atoms with Gasteiger partial charge in [-0.05, 0) is 31.2 Å². The second-order valence-corrected chi connectivity index (χ2v) is 6.71. The lowest BCUT2D eigenvalue weighted by Crippen LogP contribution is -2.56. The van der Waals surface area contributed by atoms with Gasteiger partial charge >= 0.3 is 0 Å². The lowest BCUT2D eigenvalue weighted by molar-refractivity contribution is -0.134. The normalized spacial score (nSPS) is 15.0. The Labute approximate surface area is 168 Å². The third-order valence-corrected chi connectivity index (χ3v) is 4.81.